The number of aryl methyl sites for hydroxylation is 2. The lowest BCUT2D eigenvalue weighted by atomic mass is 10.0. The van der Waals surface area contributed by atoms with Crippen molar-refractivity contribution >= 4 is 5.91 Å². The van der Waals surface area contributed by atoms with Gasteiger partial charge < -0.3 is 9.88 Å². The second kappa shape index (κ2) is 6.96. The molecule has 132 valence electrons. The molecule has 2 N–H and O–H groups in total. The Morgan fingerprint density at radius 3 is 2.72 bits per heavy atom. The van der Waals surface area contributed by atoms with Crippen molar-refractivity contribution in [3.8, 4) is 0 Å². The number of aromatic nitrogens is 3. The molecule has 2 atom stereocenters. The fourth-order valence-electron chi connectivity index (χ4n) is 3.50. The molecule has 0 spiro atoms. The zero-order valence-electron chi connectivity index (χ0n) is 14.6. The normalized spacial score (nSPS) is 20.8. The summed E-state index contributed by atoms with van der Waals surface area (Å²) in [7, 11) is 0. The number of benzene rings is 1. The number of amides is 1. The van der Waals surface area contributed by atoms with Crippen LogP contribution in [0.2, 0.25) is 0 Å². The first-order valence-electron chi connectivity index (χ1n) is 9.27. The van der Waals surface area contributed by atoms with Crippen molar-refractivity contribution in [1.29, 1.82) is 0 Å². The lowest BCUT2D eigenvalue weighted by molar-refractivity contribution is -0.123. The van der Waals surface area contributed by atoms with E-state index in [0.717, 1.165) is 55.9 Å². The van der Waals surface area contributed by atoms with Gasteiger partial charge in [0.15, 0.2) is 0 Å². The molecule has 2 unspecified atom stereocenters. The van der Waals surface area contributed by atoms with E-state index in [1.165, 1.54) is 0 Å². The van der Waals surface area contributed by atoms with Crippen molar-refractivity contribution in [3.63, 3.8) is 0 Å². The highest BCUT2D eigenvalue weighted by atomic mass is 16.2. The highest BCUT2D eigenvalue weighted by Crippen LogP contribution is 2.23. The van der Waals surface area contributed by atoms with Gasteiger partial charge in [0.2, 0.25) is 5.91 Å². The van der Waals surface area contributed by atoms with Gasteiger partial charge in [-0.15, -0.1) is 10.2 Å². The quantitative estimate of drug-likeness (QED) is 0.841. The molecule has 2 aliphatic rings. The Balaban J connectivity index is 1.51. The molecular weight excluding hydrogens is 314 g/mol. The molecule has 1 saturated carbocycles. The van der Waals surface area contributed by atoms with E-state index in [1.807, 2.05) is 30.3 Å². The van der Waals surface area contributed by atoms with E-state index in [0.29, 0.717) is 6.04 Å². The molecule has 6 heteroatoms. The van der Waals surface area contributed by atoms with E-state index < -0.39 is 0 Å². The fourth-order valence-corrected chi connectivity index (χ4v) is 3.50. The van der Waals surface area contributed by atoms with Gasteiger partial charge in [-0.05, 0) is 24.8 Å². The van der Waals surface area contributed by atoms with Crippen LogP contribution in [-0.4, -0.2) is 32.8 Å². The van der Waals surface area contributed by atoms with Gasteiger partial charge in [-0.2, -0.15) is 0 Å². The Hall–Kier alpha value is -2.21. The van der Waals surface area contributed by atoms with Crippen LogP contribution >= 0.6 is 0 Å². The molecule has 0 radical (unpaired) electrons. The summed E-state index contributed by atoms with van der Waals surface area (Å²) >= 11 is 0. The van der Waals surface area contributed by atoms with Crippen LogP contribution in [0, 0.1) is 0 Å². The Morgan fingerprint density at radius 2 is 2.00 bits per heavy atom. The largest absolute Gasteiger partial charge is 0.352 e. The number of carbonyl (C=O) groups excluding carboxylic acids is 1. The number of nitrogens with zero attached hydrogens (tertiary/aromatic N) is 3. The summed E-state index contributed by atoms with van der Waals surface area (Å²) in [4.78, 5) is 12.8. The summed E-state index contributed by atoms with van der Waals surface area (Å²) < 4.78 is 2.21. The molecular formula is C19H25N5O. The first-order chi connectivity index (χ1) is 12.2. The standard InChI is InChI=1S/C19H25N5O/c1-2-16-22-23-17-11-10-15(12-24(16)17)20-18(13-6-4-3-5-7-13)19(25)21-14-8-9-14/h3-7,14-15,18,20H,2,8-12H2,1H3,(H,21,25). The van der Waals surface area contributed by atoms with Crippen molar-refractivity contribution < 1.29 is 4.79 Å². The van der Waals surface area contributed by atoms with Gasteiger partial charge >= 0.3 is 0 Å². The monoisotopic (exact) mass is 339 g/mol. The molecule has 6 nitrogen and oxygen atoms in total. The van der Waals surface area contributed by atoms with Gasteiger partial charge in [0.05, 0.1) is 0 Å². The Kier molecular flexibility index (Phi) is 4.53. The van der Waals surface area contributed by atoms with Crippen LogP contribution in [0.5, 0.6) is 0 Å². The van der Waals surface area contributed by atoms with Crippen LogP contribution in [-0.2, 0) is 24.2 Å². The van der Waals surface area contributed by atoms with Crippen molar-refractivity contribution in [2.75, 3.05) is 0 Å². The molecule has 1 amide bonds. The molecule has 1 aliphatic heterocycles. The number of nitrogens with one attached hydrogen (secondary N) is 2. The summed E-state index contributed by atoms with van der Waals surface area (Å²) in [5.41, 5.74) is 1.02. The number of fused-ring (bicyclic) bond motifs is 1. The molecule has 25 heavy (non-hydrogen) atoms. The number of hydrogen-bond donors (Lipinski definition) is 2. The van der Waals surface area contributed by atoms with Crippen LogP contribution in [0.1, 0.15) is 49.4 Å². The van der Waals surface area contributed by atoms with Crippen molar-refractivity contribution in [2.45, 2.75) is 63.7 Å². The van der Waals surface area contributed by atoms with Crippen molar-refractivity contribution in [2.24, 2.45) is 0 Å². The minimum absolute atomic E-state index is 0.0824. The first kappa shape index (κ1) is 16.3. The van der Waals surface area contributed by atoms with Gasteiger partial charge in [-0.1, -0.05) is 37.3 Å². The average Bonchev–Trinajstić information content (AvgIpc) is 3.36. The minimum atomic E-state index is -0.310. The Labute approximate surface area is 148 Å². The predicted molar refractivity (Wildman–Crippen MR) is 95.0 cm³/mol. The Morgan fingerprint density at radius 1 is 1.20 bits per heavy atom. The average molecular weight is 339 g/mol. The third-order valence-electron chi connectivity index (χ3n) is 5.06. The van der Waals surface area contributed by atoms with E-state index in [4.69, 9.17) is 0 Å². The van der Waals surface area contributed by atoms with E-state index >= 15 is 0 Å². The lowest BCUT2D eigenvalue weighted by Crippen LogP contribution is -2.46. The SMILES string of the molecule is CCc1nnc2n1CC(NC(C(=O)NC1CC1)c1ccccc1)CC2. The molecule has 1 aromatic carbocycles. The van der Waals surface area contributed by atoms with Gasteiger partial charge in [0.1, 0.15) is 17.7 Å². The maximum Gasteiger partial charge on any atom is 0.241 e. The molecule has 2 heterocycles. The zero-order chi connectivity index (χ0) is 17.2. The molecule has 2 aromatic rings. The van der Waals surface area contributed by atoms with Crippen LogP contribution in [0.15, 0.2) is 30.3 Å². The van der Waals surface area contributed by atoms with Crippen LogP contribution in [0.4, 0.5) is 0 Å². The third kappa shape index (κ3) is 3.58. The molecule has 4 rings (SSSR count). The minimum Gasteiger partial charge on any atom is -0.352 e. The number of carbonyl (C=O) groups is 1. The predicted octanol–water partition coefficient (Wildman–Crippen LogP) is 1.76. The van der Waals surface area contributed by atoms with E-state index in [-0.39, 0.29) is 18.0 Å². The molecule has 0 bridgehead atoms. The maximum absolute atomic E-state index is 12.8. The maximum atomic E-state index is 12.8. The highest BCUT2D eigenvalue weighted by molar-refractivity contribution is 5.83. The first-order valence-corrected chi connectivity index (χ1v) is 9.27. The summed E-state index contributed by atoms with van der Waals surface area (Å²) in [6.45, 7) is 2.93. The van der Waals surface area contributed by atoms with Crippen LogP contribution in [0.3, 0.4) is 0 Å². The number of rotatable bonds is 6. The summed E-state index contributed by atoms with van der Waals surface area (Å²) in [6, 6.07) is 10.3. The second-order valence-electron chi connectivity index (χ2n) is 7.03. The molecule has 1 fully saturated rings. The highest BCUT2D eigenvalue weighted by Gasteiger charge is 2.31. The molecule has 0 saturated heterocycles. The Bertz CT molecular complexity index is 724. The van der Waals surface area contributed by atoms with Gasteiger partial charge in [-0.25, -0.2) is 0 Å². The summed E-state index contributed by atoms with van der Waals surface area (Å²) in [6.07, 6.45) is 4.95. The van der Waals surface area contributed by atoms with Gasteiger partial charge in [0, 0.05) is 31.5 Å². The van der Waals surface area contributed by atoms with Gasteiger partial charge in [0.25, 0.3) is 0 Å². The zero-order valence-corrected chi connectivity index (χ0v) is 14.6. The summed E-state index contributed by atoms with van der Waals surface area (Å²) in [5, 5.41) is 15.3. The second-order valence-corrected chi connectivity index (χ2v) is 7.03. The van der Waals surface area contributed by atoms with Gasteiger partial charge in [-0.3, -0.25) is 10.1 Å². The molecule has 1 aromatic heterocycles. The van der Waals surface area contributed by atoms with Crippen LogP contribution in [0.25, 0.3) is 0 Å². The van der Waals surface area contributed by atoms with E-state index in [2.05, 4.69) is 32.3 Å². The lowest BCUT2D eigenvalue weighted by Gasteiger charge is -2.29. The van der Waals surface area contributed by atoms with Crippen molar-refractivity contribution in [3.05, 3.63) is 47.5 Å². The third-order valence-corrected chi connectivity index (χ3v) is 5.06. The smallest absolute Gasteiger partial charge is 0.241 e. The van der Waals surface area contributed by atoms with E-state index in [9.17, 15) is 4.79 Å². The number of hydrogen-bond acceptors (Lipinski definition) is 4. The van der Waals surface area contributed by atoms with Crippen molar-refractivity contribution in [1.82, 2.24) is 25.4 Å². The summed E-state index contributed by atoms with van der Waals surface area (Å²) in [5.74, 6) is 2.17. The fraction of sp³-hybridized carbons (Fsp3) is 0.526. The van der Waals surface area contributed by atoms with E-state index in [1.54, 1.807) is 0 Å². The molecule has 1 aliphatic carbocycles. The van der Waals surface area contributed by atoms with Crippen LogP contribution < -0.4 is 10.6 Å². The topological polar surface area (TPSA) is 71.8 Å².